The molecule has 0 radical (unpaired) electrons. The molecule has 0 unspecified atom stereocenters. The summed E-state index contributed by atoms with van der Waals surface area (Å²) in [6.07, 6.45) is 2.11. The highest BCUT2D eigenvalue weighted by molar-refractivity contribution is 7.88. The molecule has 0 heterocycles. The Morgan fingerprint density at radius 3 is 2.00 bits per heavy atom. The Morgan fingerprint density at radius 1 is 1.33 bits per heavy atom. The van der Waals surface area contributed by atoms with E-state index in [-0.39, 0.29) is 5.91 Å². The summed E-state index contributed by atoms with van der Waals surface area (Å²) in [5.41, 5.74) is 5.01. The maximum atomic E-state index is 10.2. The summed E-state index contributed by atoms with van der Waals surface area (Å²) in [5.74, 6) is 0.0573. The van der Waals surface area contributed by atoms with Crippen molar-refractivity contribution >= 4 is 15.9 Å². The van der Waals surface area contributed by atoms with Gasteiger partial charge in [0.05, 0.1) is 6.26 Å². The lowest BCUT2D eigenvalue weighted by Crippen LogP contribution is -2.27. The summed E-state index contributed by atoms with van der Waals surface area (Å²) in [7, 11) is -3.02. The molecule has 0 fully saturated rings. The highest BCUT2D eigenvalue weighted by Gasteiger charge is 1.94. The van der Waals surface area contributed by atoms with Crippen molar-refractivity contribution in [2.24, 2.45) is 5.73 Å². The standard InChI is InChI=1S/C5H11NO.C3H10N2O2S/c1-3-4-6-5(2)7;1-8(6,7)5-3-2-4/h3-4H2,1-2H3,(H,6,7);5H,2-4H2,1H3. The van der Waals surface area contributed by atoms with Crippen molar-refractivity contribution in [2.45, 2.75) is 20.3 Å². The molecule has 4 N–H and O–H groups in total. The SMILES string of the molecule is CCCNC(C)=O.CS(=O)(=O)NCCN. The molecular weight excluding hydrogens is 218 g/mol. The molecule has 0 atom stereocenters. The van der Waals surface area contributed by atoms with Gasteiger partial charge in [0.15, 0.2) is 0 Å². The van der Waals surface area contributed by atoms with E-state index in [1.165, 1.54) is 6.92 Å². The topological polar surface area (TPSA) is 101 Å². The second-order valence-corrected chi connectivity index (χ2v) is 4.77. The Kier molecular flexibility index (Phi) is 11.0. The Labute approximate surface area is 91.7 Å². The van der Waals surface area contributed by atoms with E-state index in [9.17, 15) is 13.2 Å². The maximum absolute atomic E-state index is 10.2. The second-order valence-electron chi connectivity index (χ2n) is 2.94. The van der Waals surface area contributed by atoms with Crippen LogP contribution in [0.15, 0.2) is 0 Å². The number of hydrogen-bond acceptors (Lipinski definition) is 4. The average Bonchev–Trinajstić information content (AvgIpc) is 2.11. The van der Waals surface area contributed by atoms with Crippen molar-refractivity contribution in [3.8, 4) is 0 Å². The van der Waals surface area contributed by atoms with Crippen LogP contribution in [0.1, 0.15) is 20.3 Å². The van der Waals surface area contributed by atoms with Crippen molar-refractivity contribution in [1.29, 1.82) is 0 Å². The van der Waals surface area contributed by atoms with Gasteiger partial charge in [-0.05, 0) is 6.42 Å². The van der Waals surface area contributed by atoms with Gasteiger partial charge in [-0.2, -0.15) is 0 Å². The fourth-order valence-electron chi connectivity index (χ4n) is 0.545. The van der Waals surface area contributed by atoms with E-state index in [2.05, 4.69) is 10.0 Å². The van der Waals surface area contributed by atoms with Gasteiger partial charge in [0.1, 0.15) is 0 Å². The molecule has 92 valence electrons. The van der Waals surface area contributed by atoms with Crippen LogP contribution >= 0.6 is 0 Å². The zero-order valence-electron chi connectivity index (χ0n) is 9.54. The van der Waals surface area contributed by atoms with Gasteiger partial charge >= 0.3 is 0 Å². The summed E-state index contributed by atoms with van der Waals surface area (Å²) >= 11 is 0. The smallest absolute Gasteiger partial charge is 0.216 e. The molecule has 6 nitrogen and oxygen atoms in total. The third-order valence-corrected chi connectivity index (χ3v) is 1.86. The zero-order chi connectivity index (χ0) is 12.3. The predicted octanol–water partition coefficient (Wildman–Crippen LogP) is -0.973. The van der Waals surface area contributed by atoms with Crippen molar-refractivity contribution < 1.29 is 13.2 Å². The van der Waals surface area contributed by atoms with Crippen molar-refractivity contribution in [2.75, 3.05) is 25.9 Å². The van der Waals surface area contributed by atoms with Crippen molar-refractivity contribution in [1.82, 2.24) is 10.0 Å². The number of nitrogens with one attached hydrogen (secondary N) is 2. The minimum absolute atomic E-state index is 0.0573. The molecule has 1 amide bonds. The van der Waals surface area contributed by atoms with Crippen LogP contribution in [0.4, 0.5) is 0 Å². The Balaban J connectivity index is 0. The van der Waals surface area contributed by atoms with Gasteiger partial charge in [0.2, 0.25) is 15.9 Å². The zero-order valence-corrected chi connectivity index (χ0v) is 10.4. The van der Waals surface area contributed by atoms with Crippen molar-refractivity contribution in [3.63, 3.8) is 0 Å². The predicted molar refractivity (Wildman–Crippen MR) is 60.9 cm³/mol. The number of carbonyl (C=O) groups excluding carboxylic acids is 1. The largest absolute Gasteiger partial charge is 0.356 e. The summed E-state index contributed by atoms with van der Waals surface area (Å²) in [5, 5.41) is 2.66. The van der Waals surface area contributed by atoms with Crippen molar-refractivity contribution in [3.05, 3.63) is 0 Å². The summed E-state index contributed by atoms with van der Waals surface area (Å²) in [6.45, 7) is 5.01. The Hall–Kier alpha value is -0.660. The quantitative estimate of drug-likeness (QED) is 0.574. The fraction of sp³-hybridized carbons (Fsp3) is 0.875. The lowest BCUT2D eigenvalue weighted by atomic mass is 10.5. The maximum Gasteiger partial charge on any atom is 0.216 e. The van der Waals surface area contributed by atoms with Crippen LogP contribution in [0.5, 0.6) is 0 Å². The second kappa shape index (κ2) is 9.88. The van der Waals surface area contributed by atoms with Gasteiger partial charge < -0.3 is 11.1 Å². The first kappa shape index (κ1) is 16.8. The number of amides is 1. The van der Waals surface area contributed by atoms with Crippen LogP contribution < -0.4 is 15.8 Å². The lowest BCUT2D eigenvalue weighted by molar-refractivity contribution is -0.118. The molecule has 0 aliphatic rings. The molecule has 0 aromatic carbocycles. The molecule has 0 saturated heterocycles. The van der Waals surface area contributed by atoms with E-state index in [1.54, 1.807) is 0 Å². The molecule has 0 aliphatic carbocycles. The van der Waals surface area contributed by atoms with Gasteiger partial charge in [0, 0.05) is 26.6 Å². The molecular formula is C8H21N3O3S. The number of carbonyl (C=O) groups is 1. The fourth-order valence-corrected chi connectivity index (χ4v) is 1.03. The van der Waals surface area contributed by atoms with Crippen LogP contribution in [-0.4, -0.2) is 40.2 Å². The van der Waals surface area contributed by atoms with Gasteiger partial charge in [-0.25, -0.2) is 13.1 Å². The minimum Gasteiger partial charge on any atom is -0.356 e. The number of hydrogen-bond donors (Lipinski definition) is 3. The van der Waals surface area contributed by atoms with Gasteiger partial charge in [-0.3, -0.25) is 4.79 Å². The van der Waals surface area contributed by atoms with E-state index >= 15 is 0 Å². The number of sulfonamides is 1. The molecule has 0 aliphatic heterocycles. The normalized spacial score (nSPS) is 10.1. The highest BCUT2D eigenvalue weighted by Crippen LogP contribution is 1.68. The van der Waals surface area contributed by atoms with Crippen LogP contribution in [0.3, 0.4) is 0 Å². The number of rotatable bonds is 5. The molecule has 7 heteroatoms. The summed E-state index contributed by atoms with van der Waals surface area (Å²) in [6, 6.07) is 0. The molecule has 15 heavy (non-hydrogen) atoms. The van der Waals surface area contributed by atoms with Gasteiger partial charge in [0.25, 0.3) is 0 Å². The van der Waals surface area contributed by atoms with Crippen LogP contribution in [0.25, 0.3) is 0 Å². The van der Waals surface area contributed by atoms with E-state index in [0.29, 0.717) is 13.1 Å². The van der Waals surface area contributed by atoms with E-state index in [4.69, 9.17) is 5.73 Å². The monoisotopic (exact) mass is 239 g/mol. The first-order valence-corrected chi connectivity index (χ1v) is 6.61. The lowest BCUT2D eigenvalue weighted by Gasteiger charge is -1.95. The Morgan fingerprint density at radius 2 is 1.87 bits per heavy atom. The van der Waals surface area contributed by atoms with Crippen LogP contribution in [-0.2, 0) is 14.8 Å². The third-order valence-electron chi connectivity index (χ3n) is 1.13. The minimum atomic E-state index is -3.02. The molecule has 0 bridgehead atoms. The summed E-state index contributed by atoms with van der Waals surface area (Å²) < 4.78 is 22.7. The molecule has 0 aromatic rings. The Bertz CT molecular complexity index is 252. The van der Waals surface area contributed by atoms with E-state index in [1.807, 2.05) is 6.92 Å². The third kappa shape index (κ3) is 24.7. The highest BCUT2D eigenvalue weighted by atomic mass is 32.2. The molecule has 0 aromatic heterocycles. The van der Waals surface area contributed by atoms with E-state index < -0.39 is 10.0 Å². The molecule has 0 saturated carbocycles. The van der Waals surface area contributed by atoms with Crippen LogP contribution in [0.2, 0.25) is 0 Å². The van der Waals surface area contributed by atoms with Crippen LogP contribution in [0, 0.1) is 0 Å². The number of nitrogens with two attached hydrogens (primary N) is 1. The van der Waals surface area contributed by atoms with Gasteiger partial charge in [-0.1, -0.05) is 6.92 Å². The first-order valence-electron chi connectivity index (χ1n) is 4.72. The first-order chi connectivity index (χ1) is 6.83. The average molecular weight is 239 g/mol. The summed E-state index contributed by atoms with van der Waals surface area (Å²) in [4.78, 5) is 10.1. The molecule has 0 rings (SSSR count). The molecule has 0 spiro atoms. The van der Waals surface area contributed by atoms with Gasteiger partial charge in [-0.15, -0.1) is 0 Å². The van der Waals surface area contributed by atoms with E-state index in [0.717, 1.165) is 19.2 Å².